The zero-order valence-electron chi connectivity index (χ0n) is 29.0. The van der Waals surface area contributed by atoms with E-state index in [9.17, 15) is 14.4 Å². The van der Waals surface area contributed by atoms with Crippen LogP contribution in [0.1, 0.15) is 74.1 Å². The minimum Gasteiger partial charge on any atom is -0.476 e. The first-order chi connectivity index (χ1) is 21.6. The lowest BCUT2D eigenvalue weighted by molar-refractivity contribution is -0.133. The molecule has 256 valence electrons. The molecule has 46 heavy (non-hydrogen) atoms. The fourth-order valence-electron chi connectivity index (χ4n) is 6.13. The number of hydrogen-bond donors (Lipinski definition) is 1. The van der Waals surface area contributed by atoms with E-state index in [-0.39, 0.29) is 29.8 Å². The van der Waals surface area contributed by atoms with Crippen LogP contribution in [0, 0.1) is 11.8 Å². The van der Waals surface area contributed by atoms with Crippen molar-refractivity contribution < 1.29 is 33.3 Å². The zero-order valence-corrected chi connectivity index (χ0v) is 29.0. The molecule has 3 unspecified atom stereocenters. The lowest BCUT2D eigenvalue weighted by Gasteiger charge is -2.42. The monoisotopic (exact) mass is 642 g/mol. The predicted octanol–water partition coefficient (Wildman–Crippen LogP) is 4.49. The largest absolute Gasteiger partial charge is 0.476 e. The first kappa shape index (κ1) is 35.5. The lowest BCUT2D eigenvalue weighted by Crippen LogP contribution is -2.53. The maximum atomic E-state index is 14.5. The molecule has 0 spiro atoms. The molecular weight excluding hydrogens is 588 g/mol. The molecule has 3 amide bonds. The third kappa shape index (κ3) is 8.73. The molecule has 1 N–H and O–H groups in total. The molecule has 11 heteroatoms. The van der Waals surface area contributed by atoms with Crippen molar-refractivity contribution in [2.45, 2.75) is 97.4 Å². The van der Waals surface area contributed by atoms with Gasteiger partial charge in [0.15, 0.2) is 11.5 Å². The van der Waals surface area contributed by atoms with Gasteiger partial charge in [-0.05, 0) is 98.9 Å². The molecule has 1 aromatic rings. The van der Waals surface area contributed by atoms with Gasteiger partial charge in [-0.25, -0.2) is 0 Å². The van der Waals surface area contributed by atoms with E-state index in [4.69, 9.17) is 18.9 Å². The number of piperidine rings is 1. The van der Waals surface area contributed by atoms with Gasteiger partial charge in [0.2, 0.25) is 11.8 Å². The summed E-state index contributed by atoms with van der Waals surface area (Å²) in [5.74, 6) is -0.168. The Balaban J connectivity index is 1.63. The molecule has 0 radical (unpaired) electrons. The Kier molecular flexibility index (Phi) is 11.3. The van der Waals surface area contributed by atoms with Crippen LogP contribution < -0.4 is 19.9 Å². The van der Waals surface area contributed by atoms with Crippen molar-refractivity contribution in [1.29, 1.82) is 0 Å². The number of fused-ring (bicyclic) bond motifs is 1. The third-order valence-electron chi connectivity index (χ3n) is 8.42. The number of nitrogens with one attached hydrogen (secondary N) is 1. The maximum Gasteiger partial charge on any atom is 0.270 e. The molecule has 2 fully saturated rings. The van der Waals surface area contributed by atoms with Crippen molar-refractivity contribution in [1.82, 2.24) is 10.2 Å². The van der Waals surface area contributed by atoms with Gasteiger partial charge in [0.1, 0.15) is 11.4 Å². The predicted molar refractivity (Wildman–Crippen MR) is 178 cm³/mol. The van der Waals surface area contributed by atoms with E-state index in [0.29, 0.717) is 75.3 Å². The van der Waals surface area contributed by atoms with E-state index in [1.54, 1.807) is 25.9 Å². The van der Waals surface area contributed by atoms with Gasteiger partial charge in [0, 0.05) is 57.7 Å². The van der Waals surface area contributed by atoms with E-state index in [2.05, 4.69) is 11.9 Å². The Bertz CT molecular complexity index is 1270. The molecule has 1 saturated carbocycles. The fraction of sp³-hybridized carbons (Fsp3) is 0.686. The zero-order chi connectivity index (χ0) is 33.8. The third-order valence-corrected chi connectivity index (χ3v) is 8.42. The van der Waals surface area contributed by atoms with Crippen LogP contribution in [0.25, 0.3) is 0 Å². The molecule has 3 aliphatic rings. The van der Waals surface area contributed by atoms with Crippen LogP contribution in [0.3, 0.4) is 0 Å². The van der Waals surface area contributed by atoms with Gasteiger partial charge in [0.05, 0.1) is 24.1 Å². The Morgan fingerprint density at radius 3 is 2.52 bits per heavy atom. The topological polar surface area (TPSA) is 110 Å². The molecule has 3 atom stereocenters. The van der Waals surface area contributed by atoms with Crippen molar-refractivity contribution >= 4 is 29.1 Å². The van der Waals surface area contributed by atoms with Crippen molar-refractivity contribution in [3.8, 4) is 5.75 Å². The van der Waals surface area contributed by atoms with E-state index >= 15 is 0 Å². The van der Waals surface area contributed by atoms with Crippen molar-refractivity contribution in [2.75, 3.05) is 56.4 Å². The smallest absolute Gasteiger partial charge is 0.270 e. The molecule has 1 saturated heterocycles. The van der Waals surface area contributed by atoms with Gasteiger partial charge in [-0.1, -0.05) is 0 Å². The average Bonchev–Trinajstić information content (AvgIpc) is 3.82. The number of amides is 3. The highest BCUT2D eigenvalue weighted by molar-refractivity contribution is 6.04. The number of rotatable bonds is 14. The number of anilines is 2. The molecular formula is C35H54N4O7. The number of carbonyl (C=O) groups excluding carboxylic acids is 3. The molecule has 11 nitrogen and oxygen atoms in total. The first-order valence-corrected chi connectivity index (χ1v) is 16.6. The van der Waals surface area contributed by atoms with Crippen LogP contribution in [-0.2, 0) is 28.6 Å². The van der Waals surface area contributed by atoms with E-state index < -0.39 is 23.0 Å². The van der Waals surface area contributed by atoms with E-state index in [1.807, 2.05) is 62.6 Å². The molecule has 4 rings (SSSR count). The number of methoxy groups -OCH3 is 1. The first-order valence-electron chi connectivity index (χ1n) is 16.6. The van der Waals surface area contributed by atoms with Crippen LogP contribution in [0.4, 0.5) is 11.4 Å². The van der Waals surface area contributed by atoms with E-state index in [0.717, 1.165) is 12.8 Å². The highest BCUT2D eigenvalue weighted by Gasteiger charge is 2.44. The number of carbonyl (C=O) groups is 3. The van der Waals surface area contributed by atoms with Crippen molar-refractivity contribution in [3.63, 3.8) is 0 Å². The highest BCUT2D eigenvalue weighted by atomic mass is 16.5. The van der Waals surface area contributed by atoms with Crippen LogP contribution in [0.2, 0.25) is 0 Å². The second-order valence-corrected chi connectivity index (χ2v) is 14.2. The van der Waals surface area contributed by atoms with Gasteiger partial charge < -0.3 is 39.0 Å². The molecule has 2 heterocycles. The summed E-state index contributed by atoms with van der Waals surface area (Å²) in [7, 11) is 1.64. The Hall–Kier alpha value is -3.31. The minimum absolute atomic E-state index is 0.0482. The normalized spacial score (nSPS) is 21.6. The number of benzene rings is 1. The Morgan fingerprint density at radius 1 is 1.20 bits per heavy atom. The Morgan fingerprint density at radius 2 is 1.89 bits per heavy atom. The summed E-state index contributed by atoms with van der Waals surface area (Å²) < 4.78 is 23.0. The van der Waals surface area contributed by atoms with E-state index in [1.165, 1.54) is 0 Å². The fourth-order valence-corrected chi connectivity index (χ4v) is 6.13. The molecule has 2 aliphatic heterocycles. The van der Waals surface area contributed by atoms with Gasteiger partial charge in [0.25, 0.3) is 5.91 Å². The summed E-state index contributed by atoms with van der Waals surface area (Å²) in [5, 5.41) is 3.07. The standard InChI is InChI=1S/C35H54N4O7/c1-10-44-22-23(2)36-31(40)25-18-26(21-37(20-25)24(3)45-34(4,5)6)32(41)39(27-12-13-27)28-14-15-30-29(19-28)38(16-11-17-43-9)33(42)35(7,8)46-30/h14-15,19,23,25-27H,3,10-13,16-18,20-22H2,1-2,4-9H3,(H,36,40). The molecule has 0 aromatic heterocycles. The summed E-state index contributed by atoms with van der Waals surface area (Å²) >= 11 is 0. The second kappa shape index (κ2) is 14.6. The van der Waals surface area contributed by atoms with Crippen LogP contribution in [-0.4, -0.2) is 92.5 Å². The SMILES string of the molecule is C=C(OC(C)(C)C)N1CC(C(=O)NC(C)COCC)CC(C(=O)N(c2ccc3c(c2)N(CCCOC)C(=O)C(C)(C)O3)C2CC2)C1. The molecule has 1 aromatic carbocycles. The number of likely N-dealkylation sites (tertiary alicyclic amines) is 1. The van der Waals surface area contributed by atoms with Crippen LogP contribution in [0.5, 0.6) is 5.75 Å². The van der Waals surface area contributed by atoms with Crippen molar-refractivity contribution in [2.24, 2.45) is 11.8 Å². The number of hydrogen-bond acceptors (Lipinski definition) is 8. The van der Waals surface area contributed by atoms with Crippen LogP contribution in [0.15, 0.2) is 30.7 Å². The average molecular weight is 643 g/mol. The Labute approximate surface area is 274 Å². The molecule has 0 bridgehead atoms. The van der Waals surface area contributed by atoms with Crippen molar-refractivity contribution in [3.05, 3.63) is 30.7 Å². The van der Waals surface area contributed by atoms with Gasteiger partial charge >= 0.3 is 0 Å². The van der Waals surface area contributed by atoms with Crippen LogP contribution >= 0.6 is 0 Å². The number of nitrogens with zero attached hydrogens (tertiary/aromatic N) is 3. The number of ether oxygens (including phenoxy) is 4. The summed E-state index contributed by atoms with van der Waals surface area (Å²) in [6.45, 7) is 20.2. The summed E-state index contributed by atoms with van der Waals surface area (Å²) in [4.78, 5) is 47.1. The van der Waals surface area contributed by atoms with Gasteiger partial charge in [-0.3, -0.25) is 14.4 Å². The summed E-state index contributed by atoms with van der Waals surface area (Å²) in [6, 6.07) is 5.54. The quantitative estimate of drug-likeness (QED) is 0.234. The highest BCUT2D eigenvalue weighted by Crippen LogP contribution is 2.43. The molecule has 1 aliphatic carbocycles. The summed E-state index contributed by atoms with van der Waals surface area (Å²) in [6.07, 6.45) is 2.84. The lowest BCUT2D eigenvalue weighted by atomic mass is 9.87. The summed E-state index contributed by atoms with van der Waals surface area (Å²) in [5.41, 5.74) is -0.127. The maximum absolute atomic E-state index is 14.5. The van der Waals surface area contributed by atoms with Gasteiger partial charge in [-0.2, -0.15) is 0 Å². The second-order valence-electron chi connectivity index (χ2n) is 14.2. The minimum atomic E-state index is -1.01. The van der Waals surface area contributed by atoms with Gasteiger partial charge in [-0.15, -0.1) is 0 Å².